The number of nitro benzene ring substituents is 1. The van der Waals surface area contributed by atoms with E-state index in [1.807, 2.05) is 0 Å². The minimum Gasteiger partial charge on any atom is -0.456 e. The number of para-hydroxylation sites is 1. The molecule has 6 heteroatoms. The van der Waals surface area contributed by atoms with Crippen LogP contribution in [0.2, 0.25) is 0 Å². The first-order chi connectivity index (χ1) is 11.6. The molecule has 0 spiro atoms. The number of aromatic nitrogens is 1. The number of carbonyl (C=O) groups is 1. The zero-order valence-electron chi connectivity index (χ0n) is 12.5. The van der Waals surface area contributed by atoms with Gasteiger partial charge in [0.05, 0.1) is 10.5 Å². The first-order valence-corrected chi connectivity index (χ1v) is 7.11. The summed E-state index contributed by atoms with van der Waals surface area (Å²) in [6.45, 7) is 0. The molecular formula is C18H12N2O4. The standard InChI is InChI=1S/C18H12N2O4/c21-17(13-4-3-11-19-12-13)9-7-14-8-10-18(24-14)15-5-1-2-6-16(15)20(22)23/h1-12H. The summed E-state index contributed by atoms with van der Waals surface area (Å²) in [6, 6.07) is 13.0. The molecule has 3 aromatic rings. The number of benzene rings is 1. The van der Waals surface area contributed by atoms with E-state index in [4.69, 9.17) is 4.42 Å². The largest absolute Gasteiger partial charge is 0.456 e. The average Bonchev–Trinajstić information content (AvgIpc) is 3.09. The molecule has 1 aromatic carbocycles. The predicted octanol–water partition coefficient (Wildman–Crippen LogP) is 4.15. The van der Waals surface area contributed by atoms with Crippen molar-refractivity contribution in [2.75, 3.05) is 0 Å². The van der Waals surface area contributed by atoms with E-state index < -0.39 is 4.92 Å². The zero-order valence-corrected chi connectivity index (χ0v) is 12.5. The Morgan fingerprint density at radius 2 is 1.96 bits per heavy atom. The Balaban J connectivity index is 1.83. The number of hydrogen-bond donors (Lipinski definition) is 0. The van der Waals surface area contributed by atoms with Crippen molar-refractivity contribution in [1.82, 2.24) is 4.98 Å². The molecule has 0 aliphatic carbocycles. The minimum absolute atomic E-state index is 0.0335. The maximum atomic E-state index is 12.0. The highest BCUT2D eigenvalue weighted by atomic mass is 16.6. The smallest absolute Gasteiger partial charge is 0.280 e. The number of hydrogen-bond acceptors (Lipinski definition) is 5. The van der Waals surface area contributed by atoms with Gasteiger partial charge < -0.3 is 4.42 Å². The van der Waals surface area contributed by atoms with Crippen molar-refractivity contribution in [2.24, 2.45) is 0 Å². The first-order valence-electron chi connectivity index (χ1n) is 7.11. The summed E-state index contributed by atoms with van der Waals surface area (Å²) >= 11 is 0. The lowest BCUT2D eigenvalue weighted by atomic mass is 10.1. The molecule has 3 rings (SSSR count). The highest BCUT2D eigenvalue weighted by Gasteiger charge is 2.16. The second-order valence-electron chi connectivity index (χ2n) is 4.92. The van der Waals surface area contributed by atoms with Crippen LogP contribution >= 0.6 is 0 Å². The maximum absolute atomic E-state index is 12.0. The fourth-order valence-corrected chi connectivity index (χ4v) is 2.19. The van der Waals surface area contributed by atoms with Gasteiger partial charge in [0.25, 0.3) is 5.69 Å². The molecule has 118 valence electrons. The number of furan rings is 1. The first kappa shape index (κ1) is 15.4. The molecule has 0 aliphatic heterocycles. The molecule has 24 heavy (non-hydrogen) atoms. The fraction of sp³-hybridized carbons (Fsp3) is 0. The normalized spacial score (nSPS) is 10.8. The number of allylic oxidation sites excluding steroid dienone is 1. The van der Waals surface area contributed by atoms with Gasteiger partial charge in [0.2, 0.25) is 0 Å². The predicted molar refractivity (Wildman–Crippen MR) is 88.4 cm³/mol. The molecule has 0 fully saturated rings. The quantitative estimate of drug-likeness (QED) is 0.305. The topological polar surface area (TPSA) is 86.2 Å². The van der Waals surface area contributed by atoms with E-state index in [0.29, 0.717) is 22.6 Å². The van der Waals surface area contributed by atoms with Gasteiger partial charge in [-0.3, -0.25) is 19.9 Å². The highest BCUT2D eigenvalue weighted by molar-refractivity contribution is 6.06. The van der Waals surface area contributed by atoms with Crippen molar-refractivity contribution >= 4 is 17.5 Å². The van der Waals surface area contributed by atoms with Gasteiger partial charge in [-0.2, -0.15) is 0 Å². The van der Waals surface area contributed by atoms with Gasteiger partial charge >= 0.3 is 0 Å². The van der Waals surface area contributed by atoms with E-state index in [-0.39, 0.29) is 11.5 Å². The number of rotatable bonds is 5. The summed E-state index contributed by atoms with van der Waals surface area (Å²) in [5, 5.41) is 11.1. The maximum Gasteiger partial charge on any atom is 0.280 e. The third-order valence-corrected chi connectivity index (χ3v) is 3.34. The third kappa shape index (κ3) is 3.27. The van der Waals surface area contributed by atoms with Crippen molar-refractivity contribution < 1.29 is 14.1 Å². The van der Waals surface area contributed by atoms with Gasteiger partial charge in [-0.1, -0.05) is 12.1 Å². The Morgan fingerprint density at radius 3 is 2.71 bits per heavy atom. The average molecular weight is 320 g/mol. The molecule has 0 radical (unpaired) electrons. The van der Waals surface area contributed by atoms with E-state index >= 15 is 0 Å². The summed E-state index contributed by atoms with van der Waals surface area (Å²) in [7, 11) is 0. The molecule has 0 amide bonds. The number of ketones is 1. The van der Waals surface area contributed by atoms with Crippen molar-refractivity contribution in [2.45, 2.75) is 0 Å². The summed E-state index contributed by atoms with van der Waals surface area (Å²) < 4.78 is 5.59. The number of nitrogens with zero attached hydrogens (tertiary/aromatic N) is 2. The van der Waals surface area contributed by atoms with Crippen molar-refractivity contribution in [3.05, 3.63) is 88.4 Å². The Bertz CT molecular complexity index is 914. The molecule has 2 aromatic heterocycles. The van der Waals surface area contributed by atoms with E-state index in [1.165, 1.54) is 24.4 Å². The lowest BCUT2D eigenvalue weighted by Gasteiger charge is -1.98. The van der Waals surface area contributed by atoms with E-state index in [1.54, 1.807) is 48.7 Å². The third-order valence-electron chi connectivity index (χ3n) is 3.34. The fourth-order valence-electron chi connectivity index (χ4n) is 2.19. The molecular weight excluding hydrogens is 308 g/mol. The van der Waals surface area contributed by atoms with E-state index in [2.05, 4.69) is 4.98 Å². The lowest BCUT2D eigenvalue weighted by molar-refractivity contribution is -0.384. The van der Waals surface area contributed by atoms with Crippen LogP contribution in [0.1, 0.15) is 16.1 Å². The number of pyridine rings is 1. The summed E-state index contributed by atoms with van der Waals surface area (Å²) in [5.41, 5.74) is 0.828. The molecule has 0 aliphatic rings. The number of carbonyl (C=O) groups excluding carboxylic acids is 1. The van der Waals surface area contributed by atoms with Gasteiger partial charge in [-0.25, -0.2) is 0 Å². The van der Waals surface area contributed by atoms with Crippen molar-refractivity contribution in [3.8, 4) is 11.3 Å². The van der Waals surface area contributed by atoms with Crippen molar-refractivity contribution in [3.63, 3.8) is 0 Å². The van der Waals surface area contributed by atoms with Gasteiger partial charge in [0.1, 0.15) is 11.5 Å². The van der Waals surface area contributed by atoms with Crippen LogP contribution in [0.3, 0.4) is 0 Å². The van der Waals surface area contributed by atoms with Crippen LogP contribution in [-0.2, 0) is 0 Å². The molecule has 0 atom stereocenters. The second kappa shape index (κ2) is 6.70. The Labute approximate surface area is 137 Å². The van der Waals surface area contributed by atoms with Crippen LogP contribution in [-0.4, -0.2) is 15.7 Å². The van der Waals surface area contributed by atoms with Crippen LogP contribution < -0.4 is 0 Å². The summed E-state index contributed by atoms with van der Waals surface area (Å²) in [6.07, 6.45) is 5.96. The molecule has 0 bridgehead atoms. The van der Waals surface area contributed by atoms with Gasteiger partial charge in [-0.05, 0) is 42.5 Å². The van der Waals surface area contributed by atoms with E-state index in [0.717, 1.165) is 0 Å². The highest BCUT2D eigenvalue weighted by Crippen LogP contribution is 2.31. The lowest BCUT2D eigenvalue weighted by Crippen LogP contribution is -1.93. The summed E-state index contributed by atoms with van der Waals surface area (Å²) in [5.74, 6) is 0.600. The van der Waals surface area contributed by atoms with Crippen LogP contribution in [0.15, 0.2) is 71.4 Å². The Hall–Kier alpha value is -3.54. The molecule has 0 saturated carbocycles. The Morgan fingerprint density at radius 1 is 1.12 bits per heavy atom. The Kier molecular flexibility index (Phi) is 4.29. The zero-order chi connectivity index (χ0) is 16.9. The van der Waals surface area contributed by atoms with Gasteiger partial charge in [-0.15, -0.1) is 0 Å². The van der Waals surface area contributed by atoms with Crippen LogP contribution in [0, 0.1) is 10.1 Å². The van der Waals surface area contributed by atoms with Crippen LogP contribution in [0.5, 0.6) is 0 Å². The molecule has 6 nitrogen and oxygen atoms in total. The van der Waals surface area contributed by atoms with E-state index in [9.17, 15) is 14.9 Å². The second-order valence-corrected chi connectivity index (χ2v) is 4.92. The summed E-state index contributed by atoms with van der Waals surface area (Å²) in [4.78, 5) is 26.5. The molecule has 0 saturated heterocycles. The molecule has 0 unspecified atom stereocenters. The monoisotopic (exact) mass is 320 g/mol. The number of nitro groups is 1. The van der Waals surface area contributed by atoms with Gasteiger partial charge in [0.15, 0.2) is 5.78 Å². The SMILES string of the molecule is O=C(C=Cc1ccc(-c2ccccc2[N+](=O)[O-])o1)c1cccnc1. The van der Waals surface area contributed by atoms with Crippen molar-refractivity contribution in [1.29, 1.82) is 0 Å². The molecule has 0 N–H and O–H groups in total. The molecule has 2 heterocycles. The van der Waals surface area contributed by atoms with Crippen LogP contribution in [0.4, 0.5) is 5.69 Å². The minimum atomic E-state index is -0.459. The van der Waals surface area contributed by atoms with Crippen LogP contribution in [0.25, 0.3) is 17.4 Å². The van der Waals surface area contributed by atoms with Gasteiger partial charge in [0, 0.05) is 24.0 Å².